The first-order chi connectivity index (χ1) is 7.58. The summed E-state index contributed by atoms with van der Waals surface area (Å²) in [4.78, 5) is 11.3. The van der Waals surface area contributed by atoms with Crippen molar-refractivity contribution < 1.29 is 13.9 Å². The van der Waals surface area contributed by atoms with E-state index in [9.17, 15) is 9.18 Å². The number of rotatable bonds is 4. The molecule has 5 heteroatoms. The van der Waals surface area contributed by atoms with Gasteiger partial charge < -0.3 is 15.4 Å². The van der Waals surface area contributed by atoms with E-state index in [4.69, 9.17) is 4.74 Å². The molecule has 0 saturated heterocycles. The van der Waals surface area contributed by atoms with E-state index in [2.05, 4.69) is 10.6 Å². The lowest BCUT2D eigenvalue weighted by Crippen LogP contribution is -2.35. The fourth-order valence-corrected chi connectivity index (χ4v) is 1.26. The Hall–Kier alpha value is -1.78. The SMILES string of the molecule is CNC(=O)C(C)Nc1cc(OC)ccc1F. The first-order valence-corrected chi connectivity index (χ1v) is 4.90. The zero-order chi connectivity index (χ0) is 12.1. The van der Waals surface area contributed by atoms with Crippen LogP contribution in [-0.2, 0) is 4.79 Å². The molecule has 0 aliphatic heterocycles. The van der Waals surface area contributed by atoms with E-state index < -0.39 is 11.9 Å². The molecule has 0 spiro atoms. The lowest BCUT2D eigenvalue weighted by Gasteiger charge is -2.14. The van der Waals surface area contributed by atoms with Gasteiger partial charge in [-0.15, -0.1) is 0 Å². The first-order valence-electron chi connectivity index (χ1n) is 4.90. The number of benzene rings is 1. The van der Waals surface area contributed by atoms with Gasteiger partial charge in [-0.2, -0.15) is 0 Å². The van der Waals surface area contributed by atoms with Crippen LogP contribution in [0.15, 0.2) is 18.2 Å². The molecule has 1 rings (SSSR count). The zero-order valence-electron chi connectivity index (χ0n) is 9.50. The summed E-state index contributed by atoms with van der Waals surface area (Å²) in [5, 5.41) is 5.25. The third kappa shape index (κ3) is 2.85. The molecule has 1 aromatic rings. The van der Waals surface area contributed by atoms with Gasteiger partial charge in [0.15, 0.2) is 0 Å². The third-order valence-corrected chi connectivity index (χ3v) is 2.19. The highest BCUT2D eigenvalue weighted by Crippen LogP contribution is 2.21. The average molecular weight is 226 g/mol. The van der Waals surface area contributed by atoms with E-state index in [0.717, 1.165) is 0 Å². The van der Waals surface area contributed by atoms with Crippen molar-refractivity contribution in [1.29, 1.82) is 0 Å². The van der Waals surface area contributed by atoms with Gasteiger partial charge in [0.25, 0.3) is 0 Å². The van der Waals surface area contributed by atoms with Gasteiger partial charge in [0, 0.05) is 13.1 Å². The summed E-state index contributed by atoms with van der Waals surface area (Å²) in [6.07, 6.45) is 0. The number of carbonyl (C=O) groups is 1. The summed E-state index contributed by atoms with van der Waals surface area (Å²) in [6, 6.07) is 3.81. The second kappa shape index (κ2) is 5.34. The lowest BCUT2D eigenvalue weighted by molar-refractivity contribution is -0.121. The summed E-state index contributed by atoms with van der Waals surface area (Å²) in [5.41, 5.74) is 0.246. The Balaban J connectivity index is 2.83. The van der Waals surface area contributed by atoms with Gasteiger partial charge >= 0.3 is 0 Å². The highest BCUT2D eigenvalue weighted by atomic mass is 19.1. The molecule has 0 heterocycles. The molecule has 1 aromatic carbocycles. The standard InChI is InChI=1S/C11H15FN2O2/c1-7(11(15)13-2)14-10-6-8(16-3)4-5-9(10)12/h4-7,14H,1-3H3,(H,13,15). The van der Waals surface area contributed by atoms with E-state index in [1.165, 1.54) is 32.4 Å². The number of nitrogens with one attached hydrogen (secondary N) is 2. The third-order valence-electron chi connectivity index (χ3n) is 2.19. The highest BCUT2D eigenvalue weighted by Gasteiger charge is 2.13. The Morgan fingerprint density at radius 3 is 2.75 bits per heavy atom. The number of carbonyl (C=O) groups excluding carboxylic acids is 1. The van der Waals surface area contributed by atoms with Crippen LogP contribution in [0.4, 0.5) is 10.1 Å². The maximum absolute atomic E-state index is 13.4. The Kier molecular flexibility index (Phi) is 4.10. The molecule has 0 saturated carbocycles. The maximum atomic E-state index is 13.4. The van der Waals surface area contributed by atoms with Crippen LogP contribution < -0.4 is 15.4 Å². The van der Waals surface area contributed by atoms with Crippen molar-refractivity contribution in [3.63, 3.8) is 0 Å². The zero-order valence-corrected chi connectivity index (χ0v) is 9.50. The molecular formula is C11H15FN2O2. The van der Waals surface area contributed by atoms with Crippen molar-refractivity contribution in [2.75, 3.05) is 19.5 Å². The van der Waals surface area contributed by atoms with Crippen molar-refractivity contribution in [2.45, 2.75) is 13.0 Å². The van der Waals surface area contributed by atoms with Gasteiger partial charge in [0.05, 0.1) is 12.8 Å². The molecule has 16 heavy (non-hydrogen) atoms. The second-order valence-corrected chi connectivity index (χ2v) is 3.33. The van der Waals surface area contributed by atoms with Crippen molar-refractivity contribution in [3.05, 3.63) is 24.0 Å². The molecule has 1 unspecified atom stereocenters. The summed E-state index contributed by atoms with van der Waals surface area (Å²) in [6.45, 7) is 1.65. The molecular weight excluding hydrogens is 211 g/mol. The second-order valence-electron chi connectivity index (χ2n) is 3.33. The van der Waals surface area contributed by atoms with Crippen molar-refractivity contribution >= 4 is 11.6 Å². The Labute approximate surface area is 93.8 Å². The number of anilines is 1. The van der Waals surface area contributed by atoms with Gasteiger partial charge in [-0.1, -0.05) is 0 Å². The molecule has 0 fully saturated rings. The van der Waals surface area contributed by atoms with E-state index in [1.807, 2.05) is 0 Å². The topological polar surface area (TPSA) is 50.4 Å². The fraction of sp³-hybridized carbons (Fsp3) is 0.364. The predicted molar refractivity (Wildman–Crippen MR) is 60.1 cm³/mol. The van der Waals surface area contributed by atoms with Crippen LogP contribution in [0, 0.1) is 5.82 Å². The number of hydrogen-bond acceptors (Lipinski definition) is 3. The molecule has 0 bridgehead atoms. The highest BCUT2D eigenvalue weighted by molar-refractivity contribution is 5.83. The monoisotopic (exact) mass is 226 g/mol. The normalized spacial score (nSPS) is 11.8. The molecule has 4 nitrogen and oxygen atoms in total. The number of amides is 1. The van der Waals surface area contributed by atoms with Gasteiger partial charge in [-0.05, 0) is 19.1 Å². The van der Waals surface area contributed by atoms with Crippen molar-refractivity contribution in [1.82, 2.24) is 5.32 Å². The summed E-state index contributed by atoms with van der Waals surface area (Å²) in [7, 11) is 3.03. The molecule has 1 amide bonds. The lowest BCUT2D eigenvalue weighted by atomic mass is 10.2. The number of ether oxygens (including phenoxy) is 1. The Morgan fingerprint density at radius 2 is 2.19 bits per heavy atom. The maximum Gasteiger partial charge on any atom is 0.241 e. The number of methoxy groups -OCH3 is 1. The molecule has 2 N–H and O–H groups in total. The minimum absolute atomic E-state index is 0.206. The van der Waals surface area contributed by atoms with Gasteiger partial charge in [0.2, 0.25) is 5.91 Å². The first kappa shape index (κ1) is 12.3. The summed E-state index contributed by atoms with van der Waals surface area (Å²) < 4.78 is 18.4. The minimum Gasteiger partial charge on any atom is -0.497 e. The smallest absolute Gasteiger partial charge is 0.241 e. The molecule has 0 radical (unpaired) electrons. The van der Waals surface area contributed by atoms with E-state index in [-0.39, 0.29) is 11.6 Å². The van der Waals surface area contributed by atoms with Crippen LogP contribution in [0.2, 0.25) is 0 Å². The minimum atomic E-state index is -0.508. The molecule has 88 valence electrons. The number of likely N-dealkylation sites (N-methyl/N-ethyl adjacent to an activating group) is 1. The van der Waals surface area contributed by atoms with Crippen LogP contribution in [0.3, 0.4) is 0 Å². The number of hydrogen-bond donors (Lipinski definition) is 2. The van der Waals surface area contributed by atoms with Gasteiger partial charge in [-0.25, -0.2) is 4.39 Å². The molecule has 0 aliphatic rings. The number of halogens is 1. The molecule has 0 aromatic heterocycles. The van der Waals surface area contributed by atoms with E-state index >= 15 is 0 Å². The summed E-state index contributed by atoms with van der Waals surface area (Å²) in [5.74, 6) is -0.0909. The van der Waals surface area contributed by atoms with Crippen LogP contribution >= 0.6 is 0 Å². The molecule has 0 aliphatic carbocycles. The van der Waals surface area contributed by atoms with Gasteiger partial charge in [0.1, 0.15) is 17.6 Å². The average Bonchev–Trinajstić information content (AvgIpc) is 2.30. The predicted octanol–water partition coefficient (Wildman–Crippen LogP) is 1.38. The summed E-state index contributed by atoms with van der Waals surface area (Å²) >= 11 is 0. The van der Waals surface area contributed by atoms with Crippen LogP contribution in [-0.4, -0.2) is 26.1 Å². The fourth-order valence-electron chi connectivity index (χ4n) is 1.26. The van der Waals surface area contributed by atoms with E-state index in [1.54, 1.807) is 6.92 Å². The Morgan fingerprint density at radius 1 is 1.50 bits per heavy atom. The quantitative estimate of drug-likeness (QED) is 0.815. The van der Waals surface area contributed by atoms with E-state index in [0.29, 0.717) is 5.75 Å². The largest absolute Gasteiger partial charge is 0.497 e. The van der Waals surface area contributed by atoms with Crippen LogP contribution in [0.1, 0.15) is 6.92 Å². The van der Waals surface area contributed by atoms with Crippen molar-refractivity contribution in [2.24, 2.45) is 0 Å². The van der Waals surface area contributed by atoms with Crippen molar-refractivity contribution in [3.8, 4) is 5.75 Å². The van der Waals surface area contributed by atoms with Crippen LogP contribution in [0.5, 0.6) is 5.75 Å². The Bertz CT molecular complexity index is 382. The van der Waals surface area contributed by atoms with Gasteiger partial charge in [-0.3, -0.25) is 4.79 Å². The molecule has 1 atom stereocenters. The van der Waals surface area contributed by atoms with Crippen LogP contribution in [0.25, 0.3) is 0 Å².